The molecule has 4 rings (SSSR count). The summed E-state index contributed by atoms with van der Waals surface area (Å²) >= 11 is 0. The van der Waals surface area contributed by atoms with E-state index in [0.29, 0.717) is 5.75 Å². The van der Waals surface area contributed by atoms with Gasteiger partial charge < -0.3 is 15.0 Å². The van der Waals surface area contributed by atoms with Crippen molar-refractivity contribution < 1.29 is 9.13 Å². The molecule has 26 heavy (non-hydrogen) atoms. The Hall–Kier alpha value is -2.01. The fourth-order valence-electron chi connectivity index (χ4n) is 4.15. The monoisotopic (exact) mass is 356 g/mol. The van der Waals surface area contributed by atoms with E-state index in [1.54, 1.807) is 12.1 Å². The predicted molar refractivity (Wildman–Crippen MR) is 99.9 cm³/mol. The van der Waals surface area contributed by atoms with Gasteiger partial charge in [-0.15, -0.1) is 0 Å². The quantitative estimate of drug-likeness (QED) is 0.896. The Balaban J connectivity index is 1.33. The van der Waals surface area contributed by atoms with Crippen LogP contribution in [0.4, 0.5) is 4.39 Å². The van der Waals surface area contributed by atoms with Crippen molar-refractivity contribution in [3.05, 3.63) is 54.1 Å². The largest absolute Gasteiger partial charge is 0.467 e. The van der Waals surface area contributed by atoms with Crippen LogP contribution < -0.4 is 10.1 Å². The van der Waals surface area contributed by atoms with Crippen LogP contribution in [0.2, 0.25) is 0 Å². The lowest BCUT2D eigenvalue weighted by Gasteiger charge is -2.31. The van der Waals surface area contributed by atoms with Crippen LogP contribution in [-0.4, -0.2) is 48.2 Å². The van der Waals surface area contributed by atoms with E-state index < -0.39 is 0 Å². The molecule has 1 radical (unpaired) electrons. The van der Waals surface area contributed by atoms with Crippen molar-refractivity contribution in [2.24, 2.45) is 0 Å². The number of dihydropyridines is 1. The van der Waals surface area contributed by atoms with Crippen molar-refractivity contribution in [2.45, 2.75) is 44.4 Å². The second kappa shape index (κ2) is 8.12. The summed E-state index contributed by atoms with van der Waals surface area (Å²) in [6, 6.07) is 6.92. The highest BCUT2D eigenvalue weighted by atomic mass is 19.1. The summed E-state index contributed by atoms with van der Waals surface area (Å²) in [5.74, 6) is 1.39. The number of rotatable bonds is 4. The Labute approximate surface area is 155 Å². The van der Waals surface area contributed by atoms with Crippen LogP contribution in [0.1, 0.15) is 32.1 Å². The Kier molecular flexibility index (Phi) is 5.44. The van der Waals surface area contributed by atoms with Crippen molar-refractivity contribution in [3.63, 3.8) is 0 Å². The van der Waals surface area contributed by atoms with E-state index >= 15 is 0 Å². The summed E-state index contributed by atoms with van der Waals surface area (Å²) < 4.78 is 18.9. The van der Waals surface area contributed by atoms with Crippen molar-refractivity contribution in [3.8, 4) is 5.75 Å². The van der Waals surface area contributed by atoms with Gasteiger partial charge in [0.1, 0.15) is 17.4 Å². The van der Waals surface area contributed by atoms with Crippen LogP contribution >= 0.6 is 0 Å². The number of halogens is 1. The molecule has 1 atom stereocenters. The zero-order chi connectivity index (χ0) is 17.8. The molecule has 0 spiro atoms. The first-order valence-electron chi connectivity index (χ1n) is 9.76. The minimum Gasteiger partial charge on any atom is -0.467 e. The molecule has 1 aromatic rings. The van der Waals surface area contributed by atoms with Gasteiger partial charge in [-0.05, 0) is 55.7 Å². The standard InChI is InChI=1S/C21H27FN3O/c22-17-9-11-19(12-10-17)26-21-8-3-7-20(23-21)25-14-4-13-24(15-16-25)18-5-1-2-6-18/h3,8-12,18,21,23H,1-2,4-6,13-16H2. The van der Waals surface area contributed by atoms with Gasteiger partial charge in [0.05, 0.1) is 0 Å². The second-order valence-corrected chi connectivity index (χ2v) is 7.30. The molecule has 0 amide bonds. The molecule has 5 heteroatoms. The lowest BCUT2D eigenvalue weighted by atomic mass is 10.2. The van der Waals surface area contributed by atoms with E-state index in [2.05, 4.69) is 21.2 Å². The van der Waals surface area contributed by atoms with Gasteiger partial charge in [0, 0.05) is 38.3 Å². The number of nitrogens with zero attached hydrogens (tertiary/aromatic N) is 2. The second-order valence-electron chi connectivity index (χ2n) is 7.30. The minimum atomic E-state index is -0.258. The molecular formula is C21H27FN3O. The molecule has 1 aromatic carbocycles. The van der Waals surface area contributed by atoms with Gasteiger partial charge in [-0.3, -0.25) is 4.90 Å². The molecule has 1 N–H and O–H groups in total. The number of nitrogens with one attached hydrogen (secondary N) is 1. The maximum Gasteiger partial charge on any atom is 0.190 e. The van der Waals surface area contributed by atoms with Gasteiger partial charge >= 0.3 is 0 Å². The molecule has 1 aliphatic carbocycles. The zero-order valence-electron chi connectivity index (χ0n) is 15.2. The molecule has 1 saturated heterocycles. The van der Waals surface area contributed by atoms with Gasteiger partial charge in [0.25, 0.3) is 0 Å². The fraction of sp³-hybridized carbons (Fsp3) is 0.524. The van der Waals surface area contributed by atoms with E-state index in [9.17, 15) is 4.39 Å². The molecule has 2 heterocycles. The summed E-state index contributed by atoms with van der Waals surface area (Å²) in [6.07, 6.45) is 13.6. The Morgan fingerprint density at radius 3 is 2.62 bits per heavy atom. The number of hydrogen-bond acceptors (Lipinski definition) is 4. The number of benzene rings is 1. The molecule has 2 aliphatic heterocycles. The maximum absolute atomic E-state index is 13.0. The van der Waals surface area contributed by atoms with Crippen LogP contribution in [0.3, 0.4) is 0 Å². The number of hydrogen-bond donors (Lipinski definition) is 1. The van der Waals surface area contributed by atoms with Crippen LogP contribution in [0.15, 0.2) is 42.2 Å². The van der Waals surface area contributed by atoms with Crippen molar-refractivity contribution in [2.75, 3.05) is 26.2 Å². The predicted octanol–water partition coefficient (Wildman–Crippen LogP) is 3.28. The van der Waals surface area contributed by atoms with E-state index in [1.165, 1.54) is 50.8 Å². The smallest absolute Gasteiger partial charge is 0.190 e. The highest BCUT2D eigenvalue weighted by molar-refractivity contribution is 5.24. The summed E-state index contributed by atoms with van der Waals surface area (Å²) in [5.41, 5.74) is 0. The molecule has 1 saturated carbocycles. The minimum absolute atomic E-state index is 0.255. The van der Waals surface area contributed by atoms with Gasteiger partial charge in [0.15, 0.2) is 6.23 Å². The van der Waals surface area contributed by atoms with E-state index in [-0.39, 0.29) is 12.0 Å². The lowest BCUT2D eigenvalue weighted by molar-refractivity contribution is 0.185. The SMILES string of the molecule is Fc1ccc(OC2C=C[C]=C(N3CCCN(C4CCCC4)CC3)N2)cc1. The number of allylic oxidation sites excluding steroid dienone is 2. The van der Waals surface area contributed by atoms with Crippen molar-refractivity contribution in [1.82, 2.24) is 15.1 Å². The third-order valence-corrected chi connectivity index (χ3v) is 5.53. The summed E-state index contributed by atoms with van der Waals surface area (Å²) in [4.78, 5) is 5.05. The molecule has 3 aliphatic rings. The average molecular weight is 356 g/mol. The molecule has 0 aromatic heterocycles. The van der Waals surface area contributed by atoms with Gasteiger partial charge in [-0.1, -0.05) is 12.8 Å². The average Bonchev–Trinajstić information content (AvgIpc) is 3.08. The lowest BCUT2D eigenvalue weighted by Crippen LogP contribution is -2.43. The van der Waals surface area contributed by atoms with Crippen LogP contribution in [-0.2, 0) is 0 Å². The van der Waals surface area contributed by atoms with E-state index in [4.69, 9.17) is 4.74 Å². The third kappa shape index (κ3) is 4.21. The Morgan fingerprint density at radius 1 is 1.00 bits per heavy atom. The fourth-order valence-corrected chi connectivity index (χ4v) is 4.15. The van der Waals surface area contributed by atoms with Crippen LogP contribution in [0, 0.1) is 11.9 Å². The highest BCUT2D eigenvalue weighted by Crippen LogP contribution is 2.25. The van der Waals surface area contributed by atoms with E-state index in [1.807, 2.05) is 12.2 Å². The van der Waals surface area contributed by atoms with E-state index in [0.717, 1.165) is 31.5 Å². The van der Waals surface area contributed by atoms with Gasteiger partial charge in [0.2, 0.25) is 0 Å². The first-order chi connectivity index (χ1) is 12.8. The molecular weight excluding hydrogens is 329 g/mol. The zero-order valence-corrected chi connectivity index (χ0v) is 15.2. The van der Waals surface area contributed by atoms with Crippen LogP contribution in [0.25, 0.3) is 0 Å². The number of ether oxygens (including phenoxy) is 1. The molecule has 139 valence electrons. The Bertz CT molecular complexity index is 652. The van der Waals surface area contributed by atoms with Crippen molar-refractivity contribution >= 4 is 0 Å². The normalized spacial score (nSPS) is 24.9. The molecule has 1 unspecified atom stereocenters. The van der Waals surface area contributed by atoms with Gasteiger partial charge in [-0.25, -0.2) is 4.39 Å². The highest BCUT2D eigenvalue weighted by Gasteiger charge is 2.26. The molecule has 4 nitrogen and oxygen atoms in total. The molecule has 0 bridgehead atoms. The first kappa shape index (κ1) is 17.4. The topological polar surface area (TPSA) is 27.7 Å². The van der Waals surface area contributed by atoms with Gasteiger partial charge in [-0.2, -0.15) is 0 Å². The third-order valence-electron chi connectivity index (χ3n) is 5.53. The summed E-state index contributed by atoms with van der Waals surface area (Å²) in [6.45, 7) is 4.36. The molecule has 2 fully saturated rings. The van der Waals surface area contributed by atoms with Crippen LogP contribution in [0.5, 0.6) is 5.75 Å². The Morgan fingerprint density at radius 2 is 1.81 bits per heavy atom. The summed E-state index contributed by atoms with van der Waals surface area (Å²) in [7, 11) is 0. The van der Waals surface area contributed by atoms with Crippen molar-refractivity contribution in [1.29, 1.82) is 0 Å². The maximum atomic E-state index is 13.0. The first-order valence-corrected chi connectivity index (χ1v) is 9.76. The summed E-state index contributed by atoms with van der Waals surface area (Å²) in [5, 5.41) is 3.41.